The van der Waals surface area contributed by atoms with E-state index in [1.165, 1.54) is 25.3 Å². The maximum atomic E-state index is 12.3. The molecule has 0 saturated heterocycles. The van der Waals surface area contributed by atoms with Crippen LogP contribution in [-0.4, -0.2) is 25.7 Å². The number of carbonyl (C=O) groups excluding carboxylic acids is 1. The van der Waals surface area contributed by atoms with Gasteiger partial charge in [0.1, 0.15) is 11.5 Å². The quantitative estimate of drug-likeness (QED) is 0.807. The number of alkyl halides is 2. The molecule has 0 aliphatic heterocycles. The second kappa shape index (κ2) is 7.64. The number of hydrogen-bond acceptors (Lipinski definition) is 4. The third-order valence-corrected chi connectivity index (χ3v) is 2.60. The second-order valence-corrected chi connectivity index (χ2v) is 4.13. The number of halogens is 2. The topological polar surface area (TPSA) is 73.6 Å². The Balaban J connectivity index is 2.92. The molecule has 0 unspecified atom stereocenters. The van der Waals surface area contributed by atoms with Gasteiger partial charge in [0.15, 0.2) is 0 Å². The molecule has 0 spiro atoms. The zero-order valence-corrected chi connectivity index (χ0v) is 11.4. The number of nitrogens with two attached hydrogens (primary N) is 1. The maximum absolute atomic E-state index is 12.3. The number of amides is 1. The summed E-state index contributed by atoms with van der Waals surface area (Å²) in [6.07, 6.45) is 1.24. The number of ether oxygens (including phenoxy) is 2. The monoisotopic (exact) mass is 288 g/mol. The molecule has 0 aliphatic rings. The third kappa shape index (κ3) is 4.65. The van der Waals surface area contributed by atoms with Crippen molar-refractivity contribution in [2.45, 2.75) is 32.4 Å². The van der Waals surface area contributed by atoms with E-state index in [9.17, 15) is 13.6 Å². The number of benzene rings is 1. The first-order chi connectivity index (χ1) is 9.47. The van der Waals surface area contributed by atoms with Gasteiger partial charge in [-0.25, -0.2) is 0 Å². The fourth-order valence-electron chi connectivity index (χ4n) is 1.60. The van der Waals surface area contributed by atoms with Crippen LogP contribution in [0.4, 0.5) is 14.5 Å². The zero-order valence-electron chi connectivity index (χ0n) is 11.4. The Kier molecular flexibility index (Phi) is 6.17. The van der Waals surface area contributed by atoms with Gasteiger partial charge in [-0.1, -0.05) is 13.3 Å². The smallest absolute Gasteiger partial charge is 0.387 e. The Bertz CT molecular complexity index is 455. The summed E-state index contributed by atoms with van der Waals surface area (Å²) in [6.45, 7) is -1.09. The van der Waals surface area contributed by atoms with Crippen LogP contribution in [0.1, 0.15) is 19.8 Å². The first-order valence-electron chi connectivity index (χ1n) is 6.17. The average Bonchev–Trinajstić information content (AvgIpc) is 2.40. The van der Waals surface area contributed by atoms with E-state index in [2.05, 4.69) is 10.1 Å². The molecule has 0 heterocycles. The summed E-state index contributed by atoms with van der Waals surface area (Å²) in [4.78, 5) is 11.8. The summed E-state index contributed by atoms with van der Waals surface area (Å²) in [5.41, 5.74) is 5.76. The van der Waals surface area contributed by atoms with Crippen molar-refractivity contribution in [1.82, 2.24) is 0 Å². The van der Waals surface area contributed by atoms with Gasteiger partial charge in [0.2, 0.25) is 5.91 Å². The highest BCUT2D eigenvalue weighted by molar-refractivity contribution is 5.96. The van der Waals surface area contributed by atoms with E-state index in [0.717, 1.165) is 6.42 Å². The normalized spacial score (nSPS) is 12.1. The van der Waals surface area contributed by atoms with Crippen molar-refractivity contribution in [3.8, 4) is 11.5 Å². The summed E-state index contributed by atoms with van der Waals surface area (Å²) in [7, 11) is 1.43. The summed E-state index contributed by atoms with van der Waals surface area (Å²) in [5.74, 6) is -0.192. The fourth-order valence-corrected chi connectivity index (χ4v) is 1.60. The van der Waals surface area contributed by atoms with Gasteiger partial charge in [0, 0.05) is 6.07 Å². The molecule has 20 heavy (non-hydrogen) atoms. The number of anilines is 1. The lowest BCUT2D eigenvalue weighted by atomic mass is 10.1. The van der Waals surface area contributed by atoms with Crippen molar-refractivity contribution < 1.29 is 23.0 Å². The Morgan fingerprint density at radius 2 is 2.15 bits per heavy atom. The standard InChI is InChI=1S/C13H18F2N2O3/c1-3-4-9(16)12(18)17-10-7-8(19-2)5-6-11(10)20-13(14)15/h5-7,9,13H,3-4,16H2,1-2H3,(H,17,18)/t9-/m0/s1. The second-order valence-electron chi connectivity index (χ2n) is 4.13. The van der Waals surface area contributed by atoms with Crippen molar-refractivity contribution in [3.05, 3.63) is 18.2 Å². The summed E-state index contributed by atoms with van der Waals surface area (Å²) in [5, 5.41) is 2.47. The van der Waals surface area contributed by atoms with Crippen LogP contribution in [0.15, 0.2) is 18.2 Å². The molecule has 1 amide bonds. The van der Waals surface area contributed by atoms with Gasteiger partial charge in [0.25, 0.3) is 0 Å². The number of methoxy groups -OCH3 is 1. The van der Waals surface area contributed by atoms with E-state index in [0.29, 0.717) is 12.2 Å². The van der Waals surface area contributed by atoms with E-state index in [1.54, 1.807) is 0 Å². The van der Waals surface area contributed by atoms with Crippen molar-refractivity contribution in [3.63, 3.8) is 0 Å². The fraction of sp³-hybridized carbons (Fsp3) is 0.462. The highest BCUT2D eigenvalue weighted by atomic mass is 19.3. The van der Waals surface area contributed by atoms with Crippen LogP contribution in [-0.2, 0) is 4.79 Å². The minimum atomic E-state index is -2.98. The van der Waals surface area contributed by atoms with Gasteiger partial charge in [-0.15, -0.1) is 0 Å². The summed E-state index contributed by atoms with van der Waals surface area (Å²) in [6, 6.07) is 3.45. The van der Waals surface area contributed by atoms with Crippen molar-refractivity contribution in [1.29, 1.82) is 0 Å². The van der Waals surface area contributed by atoms with Crippen molar-refractivity contribution in [2.24, 2.45) is 5.73 Å². The van der Waals surface area contributed by atoms with Gasteiger partial charge >= 0.3 is 6.61 Å². The largest absolute Gasteiger partial charge is 0.497 e. The molecular weight excluding hydrogens is 270 g/mol. The summed E-state index contributed by atoms with van der Waals surface area (Å²) >= 11 is 0. The average molecular weight is 288 g/mol. The van der Waals surface area contributed by atoms with E-state index in [-0.39, 0.29) is 11.4 Å². The first-order valence-corrected chi connectivity index (χ1v) is 6.17. The van der Waals surface area contributed by atoms with E-state index in [1.807, 2.05) is 6.92 Å². The van der Waals surface area contributed by atoms with Gasteiger partial charge in [-0.2, -0.15) is 8.78 Å². The lowest BCUT2D eigenvalue weighted by Crippen LogP contribution is -2.35. The van der Waals surface area contributed by atoms with Crippen LogP contribution in [0, 0.1) is 0 Å². The Labute approximate surface area is 116 Å². The number of carbonyl (C=O) groups is 1. The van der Waals surface area contributed by atoms with Crippen molar-refractivity contribution >= 4 is 11.6 Å². The highest BCUT2D eigenvalue weighted by Crippen LogP contribution is 2.30. The Morgan fingerprint density at radius 3 is 2.70 bits per heavy atom. The van der Waals surface area contributed by atoms with Crippen molar-refractivity contribution in [2.75, 3.05) is 12.4 Å². The van der Waals surface area contributed by atoms with Gasteiger partial charge < -0.3 is 20.5 Å². The van der Waals surface area contributed by atoms with Gasteiger partial charge in [-0.3, -0.25) is 4.79 Å². The minimum absolute atomic E-state index is 0.0983. The zero-order chi connectivity index (χ0) is 15.1. The molecule has 1 atom stereocenters. The van der Waals surface area contributed by atoms with Crippen LogP contribution >= 0.6 is 0 Å². The van der Waals surface area contributed by atoms with Crippen LogP contribution in [0.5, 0.6) is 11.5 Å². The molecule has 0 saturated carbocycles. The molecule has 112 valence electrons. The minimum Gasteiger partial charge on any atom is -0.497 e. The highest BCUT2D eigenvalue weighted by Gasteiger charge is 2.17. The van der Waals surface area contributed by atoms with Crippen LogP contribution < -0.4 is 20.5 Å². The molecule has 7 heteroatoms. The van der Waals surface area contributed by atoms with Crippen LogP contribution in [0.3, 0.4) is 0 Å². The summed E-state index contributed by atoms with van der Waals surface area (Å²) < 4.78 is 33.9. The van der Waals surface area contributed by atoms with Gasteiger partial charge in [0.05, 0.1) is 18.8 Å². The SMILES string of the molecule is CCC[C@H](N)C(=O)Nc1cc(OC)ccc1OC(F)F. The molecule has 1 aromatic rings. The molecule has 5 nitrogen and oxygen atoms in total. The Hall–Kier alpha value is -1.89. The predicted molar refractivity (Wildman–Crippen MR) is 71.1 cm³/mol. The van der Waals surface area contributed by atoms with E-state index in [4.69, 9.17) is 10.5 Å². The predicted octanol–water partition coefficient (Wildman–Crippen LogP) is 2.36. The molecule has 1 aromatic carbocycles. The molecule has 0 radical (unpaired) electrons. The first kappa shape index (κ1) is 16.2. The lowest BCUT2D eigenvalue weighted by Gasteiger charge is -2.15. The molecule has 0 fully saturated rings. The third-order valence-electron chi connectivity index (χ3n) is 2.60. The molecule has 0 aliphatic carbocycles. The number of nitrogens with one attached hydrogen (secondary N) is 1. The molecule has 3 N–H and O–H groups in total. The van der Waals surface area contributed by atoms with Gasteiger partial charge in [-0.05, 0) is 18.6 Å². The molecular formula is C13H18F2N2O3. The van der Waals surface area contributed by atoms with E-state index < -0.39 is 18.6 Å². The Morgan fingerprint density at radius 1 is 1.45 bits per heavy atom. The molecule has 0 bridgehead atoms. The molecule has 1 rings (SSSR count). The van der Waals surface area contributed by atoms with Crippen LogP contribution in [0.25, 0.3) is 0 Å². The maximum Gasteiger partial charge on any atom is 0.387 e. The molecule has 0 aromatic heterocycles. The van der Waals surface area contributed by atoms with E-state index >= 15 is 0 Å². The lowest BCUT2D eigenvalue weighted by molar-refractivity contribution is -0.117. The number of rotatable bonds is 7. The van der Waals surface area contributed by atoms with Crippen LogP contribution in [0.2, 0.25) is 0 Å². The number of hydrogen-bond donors (Lipinski definition) is 2.